The number of fused-ring (bicyclic) bond motifs is 1. The first-order valence-corrected chi connectivity index (χ1v) is 6.79. The second-order valence-electron chi connectivity index (χ2n) is 5.68. The molecule has 1 heterocycles. The fourth-order valence-corrected chi connectivity index (χ4v) is 3.28. The molecule has 0 bridgehead atoms. The van der Waals surface area contributed by atoms with Crippen molar-refractivity contribution in [3.8, 4) is 5.75 Å². The molecule has 1 saturated carbocycles. The molecule has 1 aromatic rings. The molecule has 92 valence electrons. The summed E-state index contributed by atoms with van der Waals surface area (Å²) < 4.78 is 5.99. The van der Waals surface area contributed by atoms with E-state index in [1.54, 1.807) is 0 Å². The first-order chi connectivity index (χ1) is 8.25. The smallest absolute Gasteiger partial charge is 0.123 e. The summed E-state index contributed by atoms with van der Waals surface area (Å²) in [6.45, 7) is 0. The minimum Gasteiger partial charge on any atom is -0.490 e. The summed E-state index contributed by atoms with van der Waals surface area (Å²) in [5.74, 6) is 1.07. The third-order valence-corrected chi connectivity index (χ3v) is 4.20. The van der Waals surface area contributed by atoms with Gasteiger partial charge in [0.15, 0.2) is 0 Å². The summed E-state index contributed by atoms with van der Waals surface area (Å²) in [7, 11) is 0. The molecule has 1 aromatic carbocycles. The van der Waals surface area contributed by atoms with Gasteiger partial charge >= 0.3 is 0 Å². The Kier molecular flexibility index (Phi) is 2.83. The lowest BCUT2D eigenvalue weighted by molar-refractivity contribution is 0.155. The molecule has 1 fully saturated rings. The molecule has 17 heavy (non-hydrogen) atoms. The maximum atomic E-state index is 6.49. The molecule has 2 aliphatic rings. The predicted molar refractivity (Wildman–Crippen MR) is 69.2 cm³/mol. The van der Waals surface area contributed by atoms with Crippen molar-refractivity contribution in [1.29, 1.82) is 0 Å². The molecule has 1 aliphatic heterocycles. The van der Waals surface area contributed by atoms with Crippen LogP contribution in [0.2, 0.25) is 0 Å². The van der Waals surface area contributed by atoms with Gasteiger partial charge in [-0.1, -0.05) is 37.5 Å². The SMILES string of the molecule is NC1(CC2Cc3ccccc3O2)CCCCC1. The van der Waals surface area contributed by atoms with Crippen molar-refractivity contribution in [2.45, 2.75) is 56.6 Å². The van der Waals surface area contributed by atoms with Gasteiger partial charge in [-0.25, -0.2) is 0 Å². The number of ether oxygens (including phenoxy) is 1. The minimum atomic E-state index is 0.0327. The summed E-state index contributed by atoms with van der Waals surface area (Å²) in [5.41, 5.74) is 7.87. The highest BCUT2D eigenvalue weighted by Gasteiger charge is 2.33. The van der Waals surface area contributed by atoms with E-state index in [0.717, 1.165) is 18.6 Å². The quantitative estimate of drug-likeness (QED) is 0.849. The van der Waals surface area contributed by atoms with Gasteiger partial charge in [0.2, 0.25) is 0 Å². The van der Waals surface area contributed by atoms with E-state index >= 15 is 0 Å². The van der Waals surface area contributed by atoms with Crippen LogP contribution in [0.15, 0.2) is 24.3 Å². The van der Waals surface area contributed by atoms with Crippen LogP contribution in [-0.2, 0) is 6.42 Å². The molecule has 0 aromatic heterocycles. The van der Waals surface area contributed by atoms with Crippen molar-refractivity contribution >= 4 is 0 Å². The molecule has 1 atom stereocenters. The average molecular weight is 231 g/mol. The van der Waals surface area contributed by atoms with Crippen LogP contribution in [-0.4, -0.2) is 11.6 Å². The summed E-state index contributed by atoms with van der Waals surface area (Å²) in [6.07, 6.45) is 8.62. The highest BCUT2D eigenvalue weighted by atomic mass is 16.5. The fourth-order valence-electron chi connectivity index (χ4n) is 3.28. The molecule has 0 amide bonds. The Morgan fingerprint density at radius 2 is 1.94 bits per heavy atom. The lowest BCUT2D eigenvalue weighted by Crippen LogP contribution is -2.45. The first kappa shape index (κ1) is 11.1. The van der Waals surface area contributed by atoms with Crippen LogP contribution in [0, 0.1) is 0 Å². The molecule has 0 saturated heterocycles. The van der Waals surface area contributed by atoms with E-state index in [1.807, 2.05) is 6.07 Å². The van der Waals surface area contributed by atoms with Crippen LogP contribution in [0.3, 0.4) is 0 Å². The van der Waals surface area contributed by atoms with E-state index in [0.29, 0.717) is 6.10 Å². The molecule has 2 nitrogen and oxygen atoms in total. The minimum absolute atomic E-state index is 0.0327. The molecule has 3 rings (SSSR count). The Bertz CT molecular complexity index is 371. The predicted octanol–water partition coefficient (Wildman–Crippen LogP) is 3.04. The van der Waals surface area contributed by atoms with Gasteiger partial charge in [-0.05, 0) is 24.5 Å². The second kappa shape index (κ2) is 4.34. The number of rotatable bonds is 2. The van der Waals surface area contributed by atoms with Crippen LogP contribution in [0.25, 0.3) is 0 Å². The van der Waals surface area contributed by atoms with Gasteiger partial charge in [0.1, 0.15) is 11.9 Å². The third kappa shape index (κ3) is 2.32. The van der Waals surface area contributed by atoms with E-state index in [2.05, 4.69) is 18.2 Å². The molecule has 2 heteroatoms. The Balaban J connectivity index is 1.65. The van der Waals surface area contributed by atoms with E-state index < -0.39 is 0 Å². The van der Waals surface area contributed by atoms with Gasteiger partial charge in [0.05, 0.1) is 0 Å². The molecular weight excluding hydrogens is 210 g/mol. The van der Waals surface area contributed by atoms with Crippen LogP contribution in [0.1, 0.15) is 44.1 Å². The van der Waals surface area contributed by atoms with Crippen molar-refractivity contribution in [2.24, 2.45) is 5.73 Å². The van der Waals surface area contributed by atoms with Gasteiger partial charge in [0, 0.05) is 18.4 Å². The molecule has 2 N–H and O–H groups in total. The lowest BCUT2D eigenvalue weighted by atomic mass is 9.78. The number of hydrogen-bond acceptors (Lipinski definition) is 2. The molecular formula is C15H21NO. The molecule has 0 spiro atoms. The zero-order valence-corrected chi connectivity index (χ0v) is 10.3. The van der Waals surface area contributed by atoms with Crippen molar-refractivity contribution in [3.63, 3.8) is 0 Å². The van der Waals surface area contributed by atoms with Crippen molar-refractivity contribution in [2.75, 3.05) is 0 Å². The Morgan fingerprint density at radius 1 is 1.18 bits per heavy atom. The summed E-state index contributed by atoms with van der Waals surface area (Å²) >= 11 is 0. The van der Waals surface area contributed by atoms with E-state index in [-0.39, 0.29) is 5.54 Å². The molecule has 1 aliphatic carbocycles. The van der Waals surface area contributed by atoms with Gasteiger partial charge < -0.3 is 10.5 Å². The zero-order valence-electron chi connectivity index (χ0n) is 10.3. The first-order valence-electron chi connectivity index (χ1n) is 6.79. The summed E-state index contributed by atoms with van der Waals surface area (Å²) in [4.78, 5) is 0. The Hall–Kier alpha value is -1.02. The number of para-hydroxylation sites is 1. The van der Waals surface area contributed by atoms with Crippen LogP contribution in [0.4, 0.5) is 0 Å². The maximum Gasteiger partial charge on any atom is 0.123 e. The monoisotopic (exact) mass is 231 g/mol. The Morgan fingerprint density at radius 3 is 2.71 bits per heavy atom. The third-order valence-electron chi connectivity index (χ3n) is 4.20. The van der Waals surface area contributed by atoms with Gasteiger partial charge in [-0.15, -0.1) is 0 Å². The van der Waals surface area contributed by atoms with Gasteiger partial charge in [-0.3, -0.25) is 0 Å². The topological polar surface area (TPSA) is 35.2 Å². The average Bonchev–Trinajstić information content (AvgIpc) is 2.71. The van der Waals surface area contributed by atoms with Crippen LogP contribution < -0.4 is 10.5 Å². The number of benzene rings is 1. The second-order valence-corrected chi connectivity index (χ2v) is 5.68. The van der Waals surface area contributed by atoms with Crippen LogP contribution >= 0.6 is 0 Å². The van der Waals surface area contributed by atoms with Gasteiger partial charge in [0.25, 0.3) is 0 Å². The standard InChI is InChI=1S/C15H21NO/c16-15(8-4-1-5-9-15)11-13-10-12-6-2-3-7-14(12)17-13/h2-3,6-7,13H,1,4-5,8-11,16H2. The lowest BCUT2D eigenvalue weighted by Gasteiger charge is -2.35. The zero-order chi connectivity index (χ0) is 11.7. The van der Waals surface area contributed by atoms with Crippen molar-refractivity contribution in [1.82, 2.24) is 0 Å². The van der Waals surface area contributed by atoms with E-state index in [9.17, 15) is 0 Å². The highest BCUT2D eigenvalue weighted by molar-refractivity contribution is 5.37. The van der Waals surface area contributed by atoms with E-state index in [4.69, 9.17) is 10.5 Å². The van der Waals surface area contributed by atoms with Crippen molar-refractivity contribution < 1.29 is 4.74 Å². The maximum absolute atomic E-state index is 6.49. The largest absolute Gasteiger partial charge is 0.490 e. The number of nitrogens with two attached hydrogens (primary N) is 1. The highest BCUT2D eigenvalue weighted by Crippen LogP contribution is 2.35. The fraction of sp³-hybridized carbons (Fsp3) is 0.600. The summed E-state index contributed by atoms with van der Waals surface area (Å²) in [6, 6.07) is 8.36. The van der Waals surface area contributed by atoms with E-state index in [1.165, 1.54) is 37.7 Å². The number of hydrogen-bond donors (Lipinski definition) is 1. The normalized spacial score (nSPS) is 26.3. The van der Waals surface area contributed by atoms with Gasteiger partial charge in [-0.2, -0.15) is 0 Å². The Labute approximate surface area is 103 Å². The van der Waals surface area contributed by atoms with Crippen molar-refractivity contribution in [3.05, 3.63) is 29.8 Å². The van der Waals surface area contributed by atoms with Crippen LogP contribution in [0.5, 0.6) is 5.75 Å². The summed E-state index contributed by atoms with van der Waals surface area (Å²) in [5, 5.41) is 0. The molecule has 1 unspecified atom stereocenters. The molecule has 0 radical (unpaired) electrons.